The summed E-state index contributed by atoms with van der Waals surface area (Å²) < 4.78 is 0. The van der Waals surface area contributed by atoms with Crippen molar-refractivity contribution in [2.45, 2.75) is 52.9 Å². The van der Waals surface area contributed by atoms with Gasteiger partial charge in [-0.25, -0.2) is 0 Å². The summed E-state index contributed by atoms with van der Waals surface area (Å²) in [5.74, 6) is 0.587. The first kappa shape index (κ1) is 20.7. The number of nitrogen functional groups attached to an aromatic ring is 1. The molecule has 1 unspecified atom stereocenters. The molecule has 0 spiro atoms. The van der Waals surface area contributed by atoms with E-state index < -0.39 is 0 Å². The second-order valence-corrected chi connectivity index (χ2v) is 8.56. The SMILES string of the molecule is Cc1ccc(C(C)CCCCN2CCN(c3cccc(C)c3C)CC2)cc1N. The predicted molar refractivity (Wildman–Crippen MR) is 122 cm³/mol. The van der Waals surface area contributed by atoms with Crippen LogP contribution in [0.3, 0.4) is 0 Å². The van der Waals surface area contributed by atoms with E-state index in [0.29, 0.717) is 5.92 Å². The van der Waals surface area contributed by atoms with Gasteiger partial charge >= 0.3 is 0 Å². The maximum atomic E-state index is 6.07. The maximum absolute atomic E-state index is 6.07. The van der Waals surface area contributed by atoms with E-state index in [9.17, 15) is 0 Å². The highest BCUT2D eigenvalue weighted by Crippen LogP contribution is 2.26. The molecule has 152 valence electrons. The zero-order valence-corrected chi connectivity index (χ0v) is 18.2. The lowest BCUT2D eigenvalue weighted by molar-refractivity contribution is 0.251. The second-order valence-electron chi connectivity index (χ2n) is 8.56. The molecule has 1 aliphatic heterocycles. The molecule has 0 saturated carbocycles. The minimum absolute atomic E-state index is 0.587. The topological polar surface area (TPSA) is 32.5 Å². The van der Waals surface area contributed by atoms with Crippen molar-refractivity contribution in [2.75, 3.05) is 43.4 Å². The number of hydrogen-bond acceptors (Lipinski definition) is 3. The normalized spacial score (nSPS) is 16.4. The van der Waals surface area contributed by atoms with Gasteiger partial charge < -0.3 is 10.6 Å². The van der Waals surface area contributed by atoms with Crippen molar-refractivity contribution in [3.8, 4) is 0 Å². The van der Waals surface area contributed by atoms with Gasteiger partial charge in [-0.1, -0.05) is 37.6 Å². The summed E-state index contributed by atoms with van der Waals surface area (Å²) >= 11 is 0. The molecule has 3 nitrogen and oxygen atoms in total. The predicted octanol–water partition coefficient (Wildman–Crippen LogP) is 5.29. The van der Waals surface area contributed by atoms with Crippen molar-refractivity contribution >= 4 is 11.4 Å². The Morgan fingerprint density at radius 3 is 2.39 bits per heavy atom. The number of piperazine rings is 1. The Hall–Kier alpha value is -2.00. The van der Waals surface area contributed by atoms with Gasteiger partial charge in [0.2, 0.25) is 0 Å². The fourth-order valence-corrected chi connectivity index (χ4v) is 4.21. The van der Waals surface area contributed by atoms with E-state index >= 15 is 0 Å². The standard InChI is InChI=1S/C25H37N3/c1-19-9-7-10-25(22(19)4)28-16-14-27(15-17-28)13-6-5-8-20(2)23-12-11-21(3)24(26)18-23/h7,9-12,18,20H,5-6,8,13-17,26H2,1-4H3. The van der Waals surface area contributed by atoms with Crippen molar-refractivity contribution < 1.29 is 0 Å². The highest BCUT2D eigenvalue weighted by atomic mass is 15.3. The fraction of sp³-hybridized carbons (Fsp3) is 0.520. The molecule has 0 bridgehead atoms. The number of benzene rings is 2. The summed E-state index contributed by atoms with van der Waals surface area (Å²) in [6.07, 6.45) is 3.81. The van der Waals surface area contributed by atoms with Gasteiger partial charge in [-0.3, -0.25) is 4.90 Å². The third kappa shape index (κ3) is 5.08. The van der Waals surface area contributed by atoms with Crippen LogP contribution in [0.15, 0.2) is 36.4 Å². The molecule has 2 aromatic carbocycles. The smallest absolute Gasteiger partial charge is 0.0399 e. The van der Waals surface area contributed by atoms with Crippen molar-refractivity contribution in [3.63, 3.8) is 0 Å². The van der Waals surface area contributed by atoms with Gasteiger partial charge in [0.25, 0.3) is 0 Å². The third-order valence-corrected chi connectivity index (χ3v) is 6.52. The zero-order chi connectivity index (χ0) is 20.1. The van der Waals surface area contributed by atoms with Gasteiger partial charge in [0, 0.05) is 37.6 Å². The van der Waals surface area contributed by atoms with Crippen LogP contribution in [-0.2, 0) is 0 Å². The van der Waals surface area contributed by atoms with E-state index in [1.807, 2.05) is 0 Å². The largest absolute Gasteiger partial charge is 0.399 e. The lowest BCUT2D eigenvalue weighted by Gasteiger charge is -2.37. The number of unbranched alkanes of at least 4 members (excludes halogenated alkanes) is 1. The quantitative estimate of drug-likeness (QED) is 0.524. The summed E-state index contributed by atoms with van der Waals surface area (Å²) in [5, 5.41) is 0. The molecule has 1 aliphatic rings. The first-order chi connectivity index (χ1) is 13.5. The van der Waals surface area contributed by atoms with Gasteiger partial charge in [0.05, 0.1) is 0 Å². The number of anilines is 2. The van der Waals surface area contributed by atoms with Crippen LogP contribution in [0.2, 0.25) is 0 Å². The minimum atomic E-state index is 0.587. The molecule has 1 atom stereocenters. The van der Waals surface area contributed by atoms with Crippen LogP contribution in [0, 0.1) is 20.8 Å². The van der Waals surface area contributed by atoms with Crippen LogP contribution in [0.1, 0.15) is 54.4 Å². The highest BCUT2D eigenvalue weighted by molar-refractivity contribution is 5.56. The second kappa shape index (κ2) is 9.47. The minimum Gasteiger partial charge on any atom is -0.399 e. The van der Waals surface area contributed by atoms with Gasteiger partial charge in [0.1, 0.15) is 0 Å². The van der Waals surface area contributed by atoms with Crippen molar-refractivity contribution in [2.24, 2.45) is 0 Å². The summed E-state index contributed by atoms with van der Waals surface area (Å²) in [7, 11) is 0. The average molecular weight is 380 g/mol. The van der Waals surface area contributed by atoms with Crippen LogP contribution in [0.5, 0.6) is 0 Å². The van der Waals surface area contributed by atoms with Crippen molar-refractivity contribution in [1.29, 1.82) is 0 Å². The number of nitrogens with zero attached hydrogens (tertiary/aromatic N) is 2. The molecule has 1 heterocycles. The molecular formula is C25H37N3. The Morgan fingerprint density at radius 2 is 1.68 bits per heavy atom. The van der Waals surface area contributed by atoms with Gasteiger partial charge in [-0.2, -0.15) is 0 Å². The van der Waals surface area contributed by atoms with Crippen molar-refractivity contribution in [1.82, 2.24) is 4.90 Å². The molecule has 1 fully saturated rings. The molecule has 3 rings (SSSR count). The van der Waals surface area contributed by atoms with E-state index in [1.54, 1.807) is 0 Å². The molecular weight excluding hydrogens is 342 g/mol. The molecule has 0 amide bonds. The Labute approximate surface area is 171 Å². The molecule has 0 radical (unpaired) electrons. The summed E-state index contributed by atoms with van der Waals surface area (Å²) in [6, 6.07) is 13.2. The zero-order valence-electron chi connectivity index (χ0n) is 18.2. The third-order valence-electron chi connectivity index (χ3n) is 6.52. The molecule has 0 aromatic heterocycles. The number of hydrogen-bond donors (Lipinski definition) is 1. The van der Waals surface area contributed by atoms with Crippen LogP contribution in [0.4, 0.5) is 11.4 Å². The Balaban J connectivity index is 1.38. The van der Waals surface area contributed by atoms with E-state index in [0.717, 1.165) is 18.8 Å². The van der Waals surface area contributed by atoms with Crippen LogP contribution in [0.25, 0.3) is 0 Å². The van der Waals surface area contributed by atoms with Crippen molar-refractivity contribution in [3.05, 3.63) is 58.7 Å². The van der Waals surface area contributed by atoms with E-state index in [1.165, 1.54) is 66.8 Å². The molecule has 0 aliphatic carbocycles. The summed E-state index contributed by atoms with van der Waals surface area (Å²) in [5.41, 5.74) is 13.8. The first-order valence-corrected chi connectivity index (χ1v) is 10.8. The summed E-state index contributed by atoms with van der Waals surface area (Å²) in [4.78, 5) is 5.19. The maximum Gasteiger partial charge on any atom is 0.0399 e. The fourth-order valence-electron chi connectivity index (χ4n) is 4.21. The Kier molecular flexibility index (Phi) is 7.01. The Bertz CT molecular complexity index is 775. The lowest BCUT2D eigenvalue weighted by atomic mass is 9.94. The number of nitrogens with two attached hydrogens (primary N) is 1. The lowest BCUT2D eigenvalue weighted by Crippen LogP contribution is -2.46. The summed E-state index contributed by atoms with van der Waals surface area (Å²) in [6.45, 7) is 14.7. The van der Waals surface area contributed by atoms with Gasteiger partial charge in [-0.05, 0) is 80.5 Å². The first-order valence-electron chi connectivity index (χ1n) is 10.8. The molecule has 2 N–H and O–H groups in total. The average Bonchev–Trinajstić information content (AvgIpc) is 2.70. The highest BCUT2D eigenvalue weighted by Gasteiger charge is 2.18. The van der Waals surface area contributed by atoms with Crippen LogP contribution >= 0.6 is 0 Å². The molecule has 28 heavy (non-hydrogen) atoms. The van der Waals surface area contributed by atoms with E-state index in [4.69, 9.17) is 5.73 Å². The van der Waals surface area contributed by atoms with E-state index in [2.05, 4.69) is 73.9 Å². The van der Waals surface area contributed by atoms with E-state index in [-0.39, 0.29) is 0 Å². The molecule has 1 saturated heterocycles. The van der Waals surface area contributed by atoms with Crippen LogP contribution < -0.4 is 10.6 Å². The number of aryl methyl sites for hydroxylation is 2. The number of rotatable bonds is 7. The van der Waals surface area contributed by atoms with Gasteiger partial charge in [-0.15, -0.1) is 0 Å². The van der Waals surface area contributed by atoms with Gasteiger partial charge in [0.15, 0.2) is 0 Å². The molecule has 2 aromatic rings. The Morgan fingerprint density at radius 1 is 0.929 bits per heavy atom. The monoisotopic (exact) mass is 379 g/mol. The molecule has 3 heteroatoms. The van der Waals surface area contributed by atoms with Crippen LogP contribution in [-0.4, -0.2) is 37.6 Å².